The molecule has 8 heteroatoms. The summed E-state index contributed by atoms with van der Waals surface area (Å²) in [6, 6.07) is 17.8. The lowest BCUT2D eigenvalue weighted by Crippen LogP contribution is -2.62. The quantitative estimate of drug-likeness (QED) is 0.421. The number of fused-ring (bicyclic) bond motifs is 2. The summed E-state index contributed by atoms with van der Waals surface area (Å²) < 4.78 is 7.06. The van der Waals surface area contributed by atoms with Crippen molar-refractivity contribution in [2.45, 2.75) is 89.8 Å². The van der Waals surface area contributed by atoms with E-state index in [0.29, 0.717) is 26.1 Å². The molecule has 2 saturated heterocycles. The van der Waals surface area contributed by atoms with Crippen LogP contribution in [-0.2, 0) is 32.1 Å². The topological polar surface area (TPSA) is 90.4 Å². The Hall–Kier alpha value is -3.75. The van der Waals surface area contributed by atoms with Gasteiger partial charge in [-0.3, -0.25) is 14.4 Å². The SMILES string of the molecule is CC(C)(C)CC(C)(C)N1CC=C[C@]23O[C@@]4(C)C=CCN(Cc5ccccc5)C(=O)[C@H]4[C@H]2C(=O)N([C@@H](CO)Cc2ccccc2)C3C1=O. The lowest BCUT2D eigenvalue weighted by Gasteiger charge is -2.45. The van der Waals surface area contributed by atoms with Gasteiger partial charge in [-0.25, -0.2) is 0 Å². The molecule has 2 aromatic carbocycles. The van der Waals surface area contributed by atoms with Crippen LogP contribution in [0, 0.1) is 17.3 Å². The minimum absolute atomic E-state index is 0.0594. The average Bonchev–Trinajstić information content (AvgIpc) is 3.28. The van der Waals surface area contributed by atoms with E-state index in [2.05, 4.69) is 34.6 Å². The van der Waals surface area contributed by atoms with Gasteiger partial charge in [-0.05, 0) is 50.2 Å². The molecule has 47 heavy (non-hydrogen) atoms. The molecule has 1 N–H and O–H groups in total. The fourth-order valence-electron chi connectivity index (χ4n) is 8.93. The van der Waals surface area contributed by atoms with Gasteiger partial charge >= 0.3 is 0 Å². The lowest BCUT2D eigenvalue weighted by molar-refractivity contribution is -0.159. The highest BCUT2D eigenvalue weighted by atomic mass is 16.5. The number of aliphatic hydroxyl groups is 1. The summed E-state index contributed by atoms with van der Waals surface area (Å²) in [7, 11) is 0. The van der Waals surface area contributed by atoms with Crippen LogP contribution in [0.25, 0.3) is 0 Å². The number of carbonyl (C=O) groups is 3. The molecule has 2 aromatic rings. The summed E-state index contributed by atoms with van der Waals surface area (Å²) in [4.78, 5) is 50.0. The minimum Gasteiger partial charge on any atom is -0.394 e. The lowest BCUT2D eigenvalue weighted by atomic mass is 9.74. The van der Waals surface area contributed by atoms with Crippen LogP contribution >= 0.6 is 0 Å². The van der Waals surface area contributed by atoms with E-state index in [1.807, 2.05) is 96.8 Å². The molecule has 1 spiro atoms. The highest BCUT2D eigenvalue weighted by Gasteiger charge is 2.75. The van der Waals surface area contributed by atoms with Gasteiger partial charge in [-0.1, -0.05) is 106 Å². The van der Waals surface area contributed by atoms with Crippen molar-refractivity contribution >= 4 is 17.7 Å². The number of nitrogens with zero attached hydrogens (tertiary/aromatic N) is 3. The maximum absolute atomic E-state index is 15.1. The van der Waals surface area contributed by atoms with E-state index >= 15 is 9.59 Å². The molecule has 0 radical (unpaired) electrons. The van der Waals surface area contributed by atoms with Crippen LogP contribution in [0.1, 0.15) is 59.1 Å². The highest BCUT2D eigenvalue weighted by molar-refractivity contribution is 6.00. The van der Waals surface area contributed by atoms with Crippen molar-refractivity contribution in [2.24, 2.45) is 17.3 Å². The summed E-state index contributed by atoms with van der Waals surface area (Å²) in [5, 5.41) is 10.9. The van der Waals surface area contributed by atoms with E-state index in [1.165, 1.54) is 0 Å². The number of carbonyl (C=O) groups excluding carboxylic acids is 3. The normalized spacial score (nSPS) is 29.8. The second-order valence-electron chi connectivity index (χ2n) is 15.8. The van der Waals surface area contributed by atoms with E-state index in [9.17, 15) is 9.90 Å². The molecule has 4 aliphatic rings. The molecule has 3 amide bonds. The second kappa shape index (κ2) is 12.0. The van der Waals surface area contributed by atoms with Crippen molar-refractivity contribution in [2.75, 3.05) is 19.7 Å². The van der Waals surface area contributed by atoms with E-state index in [4.69, 9.17) is 4.74 Å². The summed E-state index contributed by atoms with van der Waals surface area (Å²) in [5.74, 6) is -2.51. The molecule has 0 bridgehead atoms. The first-order valence-corrected chi connectivity index (χ1v) is 16.9. The summed E-state index contributed by atoms with van der Waals surface area (Å²) in [6.07, 6.45) is 8.80. The molecule has 1 unspecified atom stereocenters. The standard InChI is InChI=1S/C39H49N3O5/c1-36(2,3)26-37(4,5)41-22-14-20-39-31(34(45)42(32(39)35(41)46)29(25-43)23-27-15-9-7-10-16-27)30-33(44)40(21-13-19-38(30,6)47-39)24-28-17-11-8-12-18-28/h7-20,29-32,43H,21-26H2,1-6H3/t29-,30-,31+,32?,38+,39+/m1/s1. The molecular weight excluding hydrogens is 590 g/mol. The molecular formula is C39H49N3O5. The van der Waals surface area contributed by atoms with Gasteiger partial charge in [0.15, 0.2) is 0 Å². The van der Waals surface area contributed by atoms with Crippen molar-refractivity contribution in [1.82, 2.24) is 14.7 Å². The maximum Gasteiger partial charge on any atom is 0.249 e. The Morgan fingerprint density at radius 2 is 1.45 bits per heavy atom. The van der Waals surface area contributed by atoms with Gasteiger partial charge in [-0.15, -0.1) is 0 Å². The molecule has 8 nitrogen and oxygen atoms in total. The van der Waals surface area contributed by atoms with Crippen LogP contribution in [0.4, 0.5) is 0 Å². The van der Waals surface area contributed by atoms with E-state index in [-0.39, 0.29) is 29.7 Å². The Morgan fingerprint density at radius 3 is 2.06 bits per heavy atom. The van der Waals surface area contributed by atoms with Crippen molar-refractivity contribution < 1.29 is 24.2 Å². The maximum atomic E-state index is 15.1. The first-order chi connectivity index (χ1) is 22.2. The van der Waals surface area contributed by atoms with Gasteiger partial charge in [0.05, 0.1) is 30.1 Å². The zero-order chi connectivity index (χ0) is 33.8. The monoisotopic (exact) mass is 639 g/mol. The number of hydrogen-bond acceptors (Lipinski definition) is 5. The third-order valence-corrected chi connectivity index (χ3v) is 10.4. The van der Waals surface area contributed by atoms with Crippen LogP contribution in [0.5, 0.6) is 0 Å². The van der Waals surface area contributed by atoms with Crippen LogP contribution in [-0.4, -0.2) is 86.0 Å². The average molecular weight is 640 g/mol. The largest absolute Gasteiger partial charge is 0.394 e. The van der Waals surface area contributed by atoms with Gasteiger partial charge in [0, 0.05) is 25.2 Å². The molecule has 0 saturated carbocycles. The minimum atomic E-state index is -1.39. The smallest absolute Gasteiger partial charge is 0.249 e. The third-order valence-electron chi connectivity index (χ3n) is 10.4. The van der Waals surface area contributed by atoms with Crippen LogP contribution in [0.2, 0.25) is 0 Å². The second-order valence-corrected chi connectivity index (χ2v) is 15.8. The Kier molecular flexibility index (Phi) is 8.50. The summed E-state index contributed by atoms with van der Waals surface area (Å²) in [5.41, 5.74) is -1.16. The summed E-state index contributed by atoms with van der Waals surface area (Å²) >= 11 is 0. The predicted molar refractivity (Wildman–Crippen MR) is 181 cm³/mol. The number of ether oxygens (including phenoxy) is 1. The van der Waals surface area contributed by atoms with Crippen LogP contribution in [0.15, 0.2) is 85.0 Å². The Balaban J connectivity index is 1.46. The number of benzene rings is 2. The van der Waals surface area contributed by atoms with E-state index in [0.717, 1.165) is 17.5 Å². The molecule has 6 rings (SSSR count). The summed E-state index contributed by atoms with van der Waals surface area (Å²) in [6.45, 7) is 13.3. The number of likely N-dealkylation sites (tertiary alicyclic amines) is 1. The van der Waals surface area contributed by atoms with Gasteiger partial charge < -0.3 is 24.5 Å². The Labute approximate surface area is 279 Å². The van der Waals surface area contributed by atoms with Gasteiger partial charge in [0.1, 0.15) is 11.6 Å². The molecule has 6 atom stereocenters. The number of rotatable bonds is 8. The first kappa shape index (κ1) is 33.2. The Morgan fingerprint density at radius 1 is 0.830 bits per heavy atom. The number of hydrogen-bond donors (Lipinski definition) is 1. The van der Waals surface area contributed by atoms with Gasteiger partial charge in [0.2, 0.25) is 17.7 Å². The van der Waals surface area contributed by atoms with Crippen molar-refractivity contribution in [3.63, 3.8) is 0 Å². The molecule has 250 valence electrons. The highest BCUT2D eigenvalue weighted by Crippen LogP contribution is 2.58. The van der Waals surface area contributed by atoms with Crippen molar-refractivity contribution in [1.29, 1.82) is 0 Å². The molecule has 2 fully saturated rings. The van der Waals surface area contributed by atoms with Gasteiger partial charge in [-0.2, -0.15) is 0 Å². The van der Waals surface area contributed by atoms with Crippen LogP contribution < -0.4 is 0 Å². The zero-order valence-corrected chi connectivity index (χ0v) is 28.6. The van der Waals surface area contributed by atoms with Gasteiger partial charge in [0.25, 0.3) is 0 Å². The molecule has 4 heterocycles. The molecule has 0 aromatic heterocycles. The molecule has 0 aliphatic carbocycles. The van der Waals surface area contributed by atoms with Crippen molar-refractivity contribution in [3.8, 4) is 0 Å². The zero-order valence-electron chi connectivity index (χ0n) is 28.6. The third kappa shape index (κ3) is 5.84. The predicted octanol–water partition coefficient (Wildman–Crippen LogP) is 4.77. The number of aliphatic hydroxyl groups excluding tert-OH is 1. The van der Waals surface area contributed by atoms with Crippen molar-refractivity contribution in [3.05, 3.63) is 96.1 Å². The number of amides is 3. The van der Waals surface area contributed by atoms with E-state index in [1.54, 1.807) is 9.80 Å². The fraction of sp³-hybridized carbons (Fsp3) is 0.513. The fourth-order valence-corrected chi connectivity index (χ4v) is 8.93. The first-order valence-electron chi connectivity index (χ1n) is 16.9. The van der Waals surface area contributed by atoms with E-state index < -0.39 is 40.7 Å². The molecule has 4 aliphatic heterocycles. The Bertz CT molecular complexity index is 1560. The van der Waals surface area contributed by atoms with Crippen LogP contribution in [0.3, 0.4) is 0 Å².